The van der Waals surface area contributed by atoms with Gasteiger partial charge in [-0.1, -0.05) is 6.07 Å². The number of ether oxygens (including phenoxy) is 2. The Kier molecular flexibility index (Phi) is 3.48. The van der Waals surface area contributed by atoms with Crippen molar-refractivity contribution in [2.24, 2.45) is 0 Å². The van der Waals surface area contributed by atoms with E-state index in [1.165, 1.54) is 13.3 Å². The predicted octanol–water partition coefficient (Wildman–Crippen LogP) is 2.61. The molecule has 6 heteroatoms. The molecule has 0 aliphatic rings. The van der Waals surface area contributed by atoms with Crippen LogP contribution in [0.1, 0.15) is 31.1 Å². The fraction of sp³-hybridized carbons (Fsp3) is 0.357. The largest absolute Gasteiger partial charge is 0.465 e. The molecule has 106 valence electrons. The molecule has 0 fully saturated rings. The Bertz CT molecular complexity index is 667. The molecule has 0 saturated heterocycles. The van der Waals surface area contributed by atoms with Crippen LogP contribution in [0, 0.1) is 0 Å². The van der Waals surface area contributed by atoms with Gasteiger partial charge in [-0.05, 0) is 32.9 Å². The molecule has 0 radical (unpaired) electrons. The van der Waals surface area contributed by atoms with Crippen LogP contribution in [0.3, 0.4) is 0 Å². The lowest BCUT2D eigenvalue weighted by molar-refractivity contribution is 0.0521. The van der Waals surface area contributed by atoms with Crippen LogP contribution in [-0.2, 0) is 9.47 Å². The number of esters is 1. The minimum Gasteiger partial charge on any atom is -0.465 e. The van der Waals surface area contributed by atoms with Gasteiger partial charge in [-0.3, -0.25) is 0 Å². The van der Waals surface area contributed by atoms with E-state index in [1.807, 2.05) is 0 Å². The Morgan fingerprint density at radius 2 is 1.95 bits per heavy atom. The Hall–Kier alpha value is -2.37. The van der Waals surface area contributed by atoms with Crippen LogP contribution in [0.15, 0.2) is 24.4 Å². The van der Waals surface area contributed by atoms with Gasteiger partial charge < -0.3 is 9.47 Å². The molecule has 0 atom stereocenters. The standard InChI is InChI=1S/C14H16N2O4/c1-14(2,3)20-13(18)16-11-7-5-6-9(12(17)19-4)10(11)8-15-16/h5-8H,1-4H3. The summed E-state index contributed by atoms with van der Waals surface area (Å²) in [6.07, 6.45) is 0.861. The van der Waals surface area contributed by atoms with E-state index in [0.717, 1.165) is 4.68 Å². The zero-order valence-electron chi connectivity index (χ0n) is 11.8. The molecule has 0 unspecified atom stereocenters. The van der Waals surface area contributed by atoms with E-state index in [-0.39, 0.29) is 0 Å². The molecule has 0 bridgehead atoms. The van der Waals surface area contributed by atoms with E-state index in [0.29, 0.717) is 16.5 Å². The average Bonchev–Trinajstić information content (AvgIpc) is 2.79. The smallest absolute Gasteiger partial charge is 0.435 e. The minimum absolute atomic E-state index is 0.361. The lowest BCUT2D eigenvalue weighted by Gasteiger charge is -2.19. The highest BCUT2D eigenvalue weighted by Gasteiger charge is 2.21. The van der Waals surface area contributed by atoms with Crippen LogP contribution in [0.5, 0.6) is 0 Å². The van der Waals surface area contributed by atoms with Crippen molar-refractivity contribution in [1.29, 1.82) is 0 Å². The Labute approximate surface area is 116 Å². The van der Waals surface area contributed by atoms with E-state index >= 15 is 0 Å². The molecule has 0 saturated carbocycles. The maximum Gasteiger partial charge on any atom is 0.435 e. The van der Waals surface area contributed by atoms with E-state index in [2.05, 4.69) is 5.10 Å². The number of fused-ring (bicyclic) bond motifs is 1. The molecule has 1 aromatic heterocycles. The van der Waals surface area contributed by atoms with Gasteiger partial charge in [0.25, 0.3) is 0 Å². The molecule has 20 heavy (non-hydrogen) atoms. The summed E-state index contributed by atoms with van der Waals surface area (Å²) in [6.45, 7) is 5.32. The van der Waals surface area contributed by atoms with Crippen molar-refractivity contribution in [2.45, 2.75) is 26.4 Å². The van der Waals surface area contributed by atoms with E-state index in [4.69, 9.17) is 9.47 Å². The van der Waals surface area contributed by atoms with Crippen LogP contribution in [0.25, 0.3) is 10.9 Å². The van der Waals surface area contributed by atoms with Crippen molar-refractivity contribution >= 4 is 23.0 Å². The number of rotatable bonds is 1. The van der Waals surface area contributed by atoms with Gasteiger partial charge in [-0.25, -0.2) is 9.59 Å². The number of nitrogens with zero attached hydrogens (tertiary/aromatic N) is 2. The van der Waals surface area contributed by atoms with Gasteiger partial charge in [0, 0.05) is 5.39 Å². The number of hydrogen-bond acceptors (Lipinski definition) is 5. The predicted molar refractivity (Wildman–Crippen MR) is 72.7 cm³/mol. The van der Waals surface area contributed by atoms with Crippen LogP contribution in [-0.4, -0.2) is 34.6 Å². The molecule has 2 rings (SSSR count). The summed E-state index contributed by atoms with van der Waals surface area (Å²) < 4.78 is 11.1. The van der Waals surface area contributed by atoms with E-state index < -0.39 is 17.7 Å². The Balaban J connectivity index is 2.48. The number of hydrogen-bond donors (Lipinski definition) is 0. The molecule has 1 heterocycles. The number of methoxy groups -OCH3 is 1. The van der Waals surface area contributed by atoms with Gasteiger partial charge in [0.15, 0.2) is 0 Å². The average molecular weight is 276 g/mol. The van der Waals surface area contributed by atoms with Gasteiger partial charge in [-0.15, -0.1) is 0 Å². The zero-order valence-corrected chi connectivity index (χ0v) is 11.8. The second-order valence-corrected chi connectivity index (χ2v) is 5.27. The third-order valence-corrected chi connectivity index (χ3v) is 2.59. The highest BCUT2D eigenvalue weighted by Crippen LogP contribution is 2.20. The fourth-order valence-electron chi connectivity index (χ4n) is 1.79. The fourth-order valence-corrected chi connectivity index (χ4v) is 1.79. The highest BCUT2D eigenvalue weighted by molar-refractivity contribution is 6.04. The van der Waals surface area contributed by atoms with Gasteiger partial charge in [0.1, 0.15) is 5.60 Å². The van der Waals surface area contributed by atoms with Crippen molar-refractivity contribution in [2.75, 3.05) is 7.11 Å². The third kappa shape index (κ3) is 2.64. The van der Waals surface area contributed by atoms with Crippen LogP contribution in [0.4, 0.5) is 4.79 Å². The van der Waals surface area contributed by atoms with Gasteiger partial charge >= 0.3 is 12.1 Å². The topological polar surface area (TPSA) is 70.4 Å². The normalized spacial score (nSPS) is 11.4. The molecular formula is C14H16N2O4. The molecular weight excluding hydrogens is 260 g/mol. The summed E-state index contributed by atoms with van der Waals surface area (Å²) in [7, 11) is 1.31. The number of carbonyl (C=O) groups excluding carboxylic acids is 2. The summed E-state index contributed by atoms with van der Waals surface area (Å²) in [5.74, 6) is -0.473. The molecule has 0 aliphatic carbocycles. The van der Waals surface area contributed by atoms with E-state index in [1.54, 1.807) is 39.0 Å². The van der Waals surface area contributed by atoms with Gasteiger partial charge in [0.2, 0.25) is 0 Å². The summed E-state index contributed by atoms with van der Waals surface area (Å²) in [4.78, 5) is 23.7. The lowest BCUT2D eigenvalue weighted by Crippen LogP contribution is -2.27. The molecule has 0 aliphatic heterocycles. The molecule has 0 N–H and O–H groups in total. The second-order valence-electron chi connectivity index (χ2n) is 5.27. The van der Waals surface area contributed by atoms with Crippen molar-refractivity contribution < 1.29 is 19.1 Å². The first-order valence-corrected chi connectivity index (χ1v) is 6.12. The second kappa shape index (κ2) is 4.96. The van der Waals surface area contributed by atoms with Gasteiger partial charge in [0.05, 0.1) is 24.4 Å². The maximum atomic E-state index is 12.0. The van der Waals surface area contributed by atoms with E-state index in [9.17, 15) is 9.59 Å². The first kappa shape index (κ1) is 14.0. The monoisotopic (exact) mass is 276 g/mol. The molecule has 2 aromatic rings. The van der Waals surface area contributed by atoms with Crippen molar-refractivity contribution in [3.63, 3.8) is 0 Å². The maximum absolute atomic E-state index is 12.0. The first-order chi connectivity index (χ1) is 9.33. The summed E-state index contributed by atoms with van der Waals surface area (Å²) >= 11 is 0. The number of aromatic nitrogens is 2. The Morgan fingerprint density at radius 3 is 2.55 bits per heavy atom. The summed E-state index contributed by atoms with van der Waals surface area (Å²) in [6, 6.07) is 4.98. The van der Waals surface area contributed by atoms with Crippen LogP contribution in [0.2, 0.25) is 0 Å². The summed E-state index contributed by atoms with van der Waals surface area (Å²) in [5.41, 5.74) is 0.247. The first-order valence-electron chi connectivity index (χ1n) is 6.12. The van der Waals surface area contributed by atoms with Crippen LogP contribution >= 0.6 is 0 Å². The van der Waals surface area contributed by atoms with Crippen LogP contribution < -0.4 is 0 Å². The third-order valence-electron chi connectivity index (χ3n) is 2.59. The SMILES string of the molecule is COC(=O)c1cccc2c1cnn2C(=O)OC(C)(C)C. The highest BCUT2D eigenvalue weighted by atomic mass is 16.6. The van der Waals surface area contributed by atoms with Crippen molar-refractivity contribution in [3.8, 4) is 0 Å². The quantitative estimate of drug-likeness (QED) is 0.749. The van der Waals surface area contributed by atoms with Crippen molar-refractivity contribution in [1.82, 2.24) is 9.78 Å². The summed E-state index contributed by atoms with van der Waals surface area (Å²) in [5, 5.41) is 4.54. The molecule has 6 nitrogen and oxygen atoms in total. The molecule has 0 spiro atoms. The minimum atomic E-state index is -0.616. The lowest BCUT2D eigenvalue weighted by atomic mass is 10.1. The molecule has 1 aromatic carbocycles. The number of carbonyl (C=O) groups is 2. The van der Waals surface area contributed by atoms with Gasteiger partial charge in [-0.2, -0.15) is 9.78 Å². The molecule has 0 amide bonds. The van der Waals surface area contributed by atoms with Crippen molar-refractivity contribution in [3.05, 3.63) is 30.0 Å². The zero-order chi connectivity index (χ0) is 14.9. The Morgan fingerprint density at radius 1 is 1.25 bits per heavy atom. The number of benzene rings is 1.